The van der Waals surface area contributed by atoms with Gasteiger partial charge < -0.3 is 0 Å². The summed E-state index contributed by atoms with van der Waals surface area (Å²) in [5.41, 5.74) is 10.5. The van der Waals surface area contributed by atoms with E-state index >= 15 is 0 Å². The van der Waals surface area contributed by atoms with E-state index in [1.165, 1.54) is 65.7 Å². The molecular weight excluding hydrogens is 508 g/mol. The van der Waals surface area contributed by atoms with Crippen LogP contribution in [0.3, 0.4) is 0 Å². The van der Waals surface area contributed by atoms with Gasteiger partial charge in [-0.1, -0.05) is 140 Å². The SMILES string of the molecule is c1ccc(-c2c3ccccc3c(-c3ccc(-c4ncc5c(n4)-c4cccc6cccc-5c46)cc3)c3ccccc23)cc1. The first-order chi connectivity index (χ1) is 20.8. The number of nitrogens with zero attached hydrogens (tertiary/aromatic N) is 2. The van der Waals surface area contributed by atoms with Crippen LogP contribution in [0.5, 0.6) is 0 Å². The first kappa shape index (κ1) is 23.1. The molecule has 9 rings (SSSR count). The third kappa shape index (κ3) is 3.33. The Morgan fingerprint density at radius 2 is 0.905 bits per heavy atom. The fourth-order valence-electron chi connectivity index (χ4n) is 6.83. The monoisotopic (exact) mass is 532 g/mol. The maximum absolute atomic E-state index is 5.10. The molecule has 0 radical (unpaired) electrons. The van der Waals surface area contributed by atoms with E-state index in [-0.39, 0.29) is 0 Å². The number of aromatic nitrogens is 2. The first-order valence-electron chi connectivity index (χ1n) is 14.3. The molecule has 0 spiro atoms. The quantitative estimate of drug-likeness (QED) is 0.212. The molecule has 0 aliphatic heterocycles. The Labute approximate surface area is 243 Å². The van der Waals surface area contributed by atoms with E-state index < -0.39 is 0 Å². The van der Waals surface area contributed by atoms with E-state index in [0.29, 0.717) is 0 Å². The average Bonchev–Trinajstić information content (AvgIpc) is 3.38. The Balaban J connectivity index is 1.20. The average molecular weight is 533 g/mol. The number of hydrogen-bond acceptors (Lipinski definition) is 2. The molecule has 0 saturated heterocycles. The van der Waals surface area contributed by atoms with Crippen molar-refractivity contribution in [1.82, 2.24) is 9.97 Å². The zero-order valence-corrected chi connectivity index (χ0v) is 22.8. The summed E-state index contributed by atoms with van der Waals surface area (Å²) in [6.07, 6.45) is 1.99. The molecule has 2 nitrogen and oxygen atoms in total. The molecule has 42 heavy (non-hydrogen) atoms. The summed E-state index contributed by atoms with van der Waals surface area (Å²) < 4.78 is 0. The van der Waals surface area contributed by atoms with Crippen molar-refractivity contribution in [3.63, 3.8) is 0 Å². The van der Waals surface area contributed by atoms with Crippen molar-refractivity contribution in [1.29, 1.82) is 0 Å². The standard InChI is InChI=1S/C40H24N2/c1-2-10-25(11-3-1)36-29-14-4-6-16-31(29)37(32-17-7-5-15-30(32)36)27-20-22-28(23-21-27)40-41-24-35-33-18-8-12-26-13-9-19-34(38(26)33)39(35)42-40/h1-24H. The zero-order valence-electron chi connectivity index (χ0n) is 22.8. The van der Waals surface area contributed by atoms with Crippen LogP contribution in [0.2, 0.25) is 0 Å². The minimum atomic E-state index is 0.749. The fourth-order valence-corrected chi connectivity index (χ4v) is 6.83. The number of fused-ring (bicyclic) bond motifs is 5. The van der Waals surface area contributed by atoms with Crippen LogP contribution >= 0.6 is 0 Å². The lowest BCUT2D eigenvalue weighted by Crippen LogP contribution is -1.93. The Bertz CT molecular complexity index is 2270. The van der Waals surface area contributed by atoms with Gasteiger partial charge in [0.1, 0.15) is 0 Å². The Morgan fingerprint density at radius 3 is 1.52 bits per heavy atom. The summed E-state index contributed by atoms with van der Waals surface area (Å²) in [7, 11) is 0. The number of benzene rings is 7. The highest BCUT2D eigenvalue weighted by atomic mass is 14.9. The van der Waals surface area contributed by atoms with Crippen molar-refractivity contribution < 1.29 is 0 Å². The maximum atomic E-state index is 5.10. The van der Waals surface area contributed by atoms with Crippen LogP contribution in [0.1, 0.15) is 0 Å². The Kier molecular flexibility index (Phi) is 4.93. The van der Waals surface area contributed by atoms with Crippen LogP contribution in [0, 0.1) is 0 Å². The maximum Gasteiger partial charge on any atom is 0.159 e. The third-order valence-corrected chi connectivity index (χ3v) is 8.66. The smallest absolute Gasteiger partial charge is 0.159 e. The molecule has 0 unspecified atom stereocenters. The molecule has 0 atom stereocenters. The van der Waals surface area contributed by atoms with Gasteiger partial charge in [0, 0.05) is 22.9 Å². The van der Waals surface area contributed by atoms with Gasteiger partial charge in [0.2, 0.25) is 0 Å². The molecule has 194 valence electrons. The predicted octanol–water partition coefficient (Wildman–Crippen LogP) is 10.6. The van der Waals surface area contributed by atoms with Gasteiger partial charge in [-0.05, 0) is 60.1 Å². The molecule has 7 aromatic carbocycles. The molecule has 1 aliphatic carbocycles. The minimum Gasteiger partial charge on any atom is -0.236 e. The summed E-state index contributed by atoms with van der Waals surface area (Å²) >= 11 is 0. The normalized spacial score (nSPS) is 11.8. The van der Waals surface area contributed by atoms with Crippen molar-refractivity contribution in [3.05, 3.63) is 146 Å². The molecule has 0 saturated carbocycles. The molecular formula is C40H24N2. The van der Waals surface area contributed by atoms with Crippen LogP contribution in [0.15, 0.2) is 146 Å². The topological polar surface area (TPSA) is 25.8 Å². The van der Waals surface area contributed by atoms with Gasteiger partial charge in [0.05, 0.1) is 5.69 Å². The van der Waals surface area contributed by atoms with Crippen molar-refractivity contribution in [2.45, 2.75) is 0 Å². The number of rotatable bonds is 3. The summed E-state index contributed by atoms with van der Waals surface area (Å²) in [6.45, 7) is 0. The fraction of sp³-hybridized carbons (Fsp3) is 0. The lowest BCUT2D eigenvalue weighted by Gasteiger charge is -2.17. The molecule has 1 aromatic heterocycles. The van der Waals surface area contributed by atoms with E-state index in [4.69, 9.17) is 9.97 Å². The van der Waals surface area contributed by atoms with Gasteiger partial charge in [0.15, 0.2) is 5.82 Å². The highest BCUT2D eigenvalue weighted by molar-refractivity contribution is 6.21. The second-order valence-electron chi connectivity index (χ2n) is 10.9. The first-order valence-corrected chi connectivity index (χ1v) is 14.3. The van der Waals surface area contributed by atoms with Gasteiger partial charge >= 0.3 is 0 Å². The molecule has 0 fully saturated rings. The highest BCUT2D eigenvalue weighted by Crippen LogP contribution is 2.47. The van der Waals surface area contributed by atoms with Crippen molar-refractivity contribution in [3.8, 4) is 56.0 Å². The Hall–Kier alpha value is -5.60. The predicted molar refractivity (Wildman–Crippen MR) is 175 cm³/mol. The molecule has 0 bridgehead atoms. The van der Waals surface area contributed by atoms with E-state index in [9.17, 15) is 0 Å². The summed E-state index contributed by atoms with van der Waals surface area (Å²) in [5.74, 6) is 0.749. The molecule has 0 N–H and O–H groups in total. The van der Waals surface area contributed by atoms with Crippen LogP contribution in [0.4, 0.5) is 0 Å². The van der Waals surface area contributed by atoms with E-state index in [1.807, 2.05) is 6.20 Å². The summed E-state index contributed by atoms with van der Waals surface area (Å²) in [5, 5.41) is 7.54. The highest BCUT2D eigenvalue weighted by Gasteiger charge is 2.23. The van der Waals surface area contributed by atoms with Gasteiger partial charge in [-0.2, -0.15) is 0 Å². The zero-order chi connectivity index (χ0) is 27.6. The molecule has 0 amide bonds. The third-order valence-electron chi connectivity index (χ3n) is 8.66. The second-order valence-corrected chi connectivity index (χ2v) is 10.9. The second kappa shape index (κ2) is 8.95. The molecule has 8 aromatic rings. The summed E-state index contributed by atoms with van der Waals surface area (Å²) in [6, 6.07) is 50.0. The van der Waals surface area contributed by atoms with Crippen molar-refractivity contribution >= 4 is 32.3 Å². The Morgan fingerprint density at radius 1 is 0.381 bits per heavy atom. The summed E-state index contributed by atoms with van der Waals surface area (Å²) in [4.78, 5) is 9.93. The van der Waals surface area contributed by atoms with E-state index in [0.717, 1.165) is 22.6 Å². The number of hydrogen-bond donors (Lipinski definition) is 0. The largest absolute Gasteiger partial charge is 0.236 e. The lowest BCUT2D eigenvalue weighted by atomic mass is 9.86. The van der Waals surface area contributed by atoms with Crippen LogP contribution in [0.25, 0.3) is 88.3 Å². The van der Waals surface area contributed by atoms with Gasteiger partial charge in [-0.25, -0.2) is 9.97 Å². The van der Waals surface area contributed by atoms with Gasteiger partial charge in [-0.3, -0.25) is 0 Å². The van der Waals surface area contributed by atoms with Crippen molar-refractivity contribution in [2.24, 2.45) is 0 Å². The molecule has 2 heteroatoms. The minimum absolute atomic E-state index is 0.749. The van der Waals surface area contributed by atoms with Crippen LogP contribution in [-0.4, -0.2) is 9.97 Å². The lowest BCUT2D eigenvalue weighted by molar-refractivity contribution is 1.19. The van der Waals surface area contributed by atoms with Crippen molar-refractivity contribution in [2.75, 3.05) is 0 Å². The molecule has 1 heterocycles. The van der Waals surface area contributed by atoms with Crippen LogP contribution in [-0.2, 0) is 0 Å². The molecule has 1 aliphatic rings. The van der Waals surface area contributed by atoms with E-state index in [2.05, 4.69) is 140 Å². The van der Waals surface area contributed by atoms with Crippen LogP contribution < -0.4 is 0 Å². The van der Waals surface area contributed by atoms with E-state index in [1.54, 1.807) is 0 Å². The van der Waals surface area contributed by atoms with Gasteiger partial charge in [0.25, 0.3) is 0 Å². The van der Waals surface area contributed by atoms with Gasteiger partial charge in [-0.15, -0.1) is 0 Å².